The summed E-state index contributed by atoms with van der Waals surface area (Å²) in [5.74, 6) is -0.249. The van der Waals surface area contributed by atoms with Crippen LogP contribution in [0.2, 0.25) is 0 Å². The molecule has 0 fully saturated rings. The summed E-state index contributed by atoms with van der Waals surface area (Å²) in [5, 5.41) is 3.01. The second-order valence-electron chi connectivity index (χ2n) is 9.77. The van der Waals surface area contributed by atoms with Crippen molar-refractivity contribution < 1.29 is 18.7 Å². The minimum Gasteiger partial charge on any atom is -0.483 e. The summed E-state index contributed by atoms with van der Waals surface area (Å²) in [6, 6.07) is 20.7. The summed E-state index contributed by atoms with van der Waals surface area (Å²) in [5.41, 5.74) is 2.37. The minimum absolute atomic E-state index is 0.0618. The summed E-state index contributed by atoms with van der Waals surface area (Å²) in [6.45, 7) is 7.74. The highest BCUT2D eigenvalue weighted by atomic mass is 79.9. The van der Waals surface area contributed by atoms with Crippen molar-refractivity contribution in [2.75, 3.05) is 6.61 Å². The van der Waals surface area contributed by atoms with E-state index in [1.807, 2.05) is 62.4 Å². The van der Waals surface area contributed by atoms with Gasteiger partial charge in [0.05, 0.1) is 4.47 Å². The highest BCUT2D eigenvalue weighted by molar-refractivity contribution is 9.10. The van der Waals surface area contributed by atoms with E-state index in [9.17, 15) is 14.0 Å². The number of rotatable bonds is 12. The molecule has 0 radical (unpaired) electrons. The number of nitrogens with zero attached hydrogens (tertiary/aromatic N) is 1. The fraction of sp³-hybridized carbons (Fsp3) is 0.355. The maximum atomic E-state index is 14.7. The molecule has 0 heterocycles. The second-order valence-corrected chi connectivity index (χ2v) is 10.6. The molecule has 3 rings (SSSR count). The molecule has 0 bridgehead atoms. The summed E-state index contributed by atoms with van der Waals surface area (Å²) in [6.07, 6.45) is 1.03. The van der Waals surface area contributed by atoms with Gasteiger partial charge >= 0.3 is 0 Å². The Morgan fingerprint density at radius 1 is 1.00 bits per heavy atom. The minimum atomic E-state index is -0.853. The lowest BCUT2D eigenvalue weighted by Crippen LogP contribution is -2.53. The van der Waals surface area contributed by atoms with Gasteiger partial charge in [-0.3, -0.25) is 9.59 Å². The molecule has 3 aromatic carbocycles. The number of hydrogen-bond donors (Lipinski definition) is 1. The summed E-state index contributed by atoms with van der Waals surface area (Å²) in [4.78, 5) is 28.6. The third kappa shape index (κ3) is 8.15. The van der Waals surface area contributed by atoms with E-state index in [0.29, 0.717) is 17.2 Å². The van der Waals surface area contributed by atoms with Crippen molar-refractivity contribution in [1.29, 1.82) is 0 Å². The topological polar surface area (TPSA) is 58.6 Å². The van der Waals surface area contributed by atoms with Gasteiger partial charge in [-0.05, 0) is 64.5 Å². The van der Waals surface area contributed by atoms with Crippen molar-refractivity contribution in [3.63, 3.8) is 0 Å². The number of hydrogen-bond acceptors (Lipinski definition) is 3. The number of ether oxygens (including phenoxy) is 1. The monoisotopic (exact) mass is 582 g/mol. The predicted octanol–water partition coefficient (Wildman–Crippen LogP) is 6.65. The summed E-state index contributed by atoms with van der Waals surface area (Å²) < 4.78 is 21.3. The van der Waals surface area contributed by atoms with Gasteiger partial charge < -0.3 is 15.0 Å². The first kappa shape index (κ1) is 29.4. The van der Waals surface area contributed by atoms with Crippen molar-refractivity contribution >= 4 is 27.7 Å². The number of benzene rings is 3. The Morgan fingerprint density at radius 2 is 1.68 bits per heavy atom. The van der Waals surface area contributed by atoms with Crippen molar-refractivity contribution in [1.82, 2.24) is 10.2 Å². The first-order valence-electron chi connectivity index (χ1n) is 13.0. The van der Waals surface area contributed by atoms with Crippen LogP contribution < -0.4 is 10.1 Å². The van der Waals surface area contributed by atoms with Crippen LogP contribution in [0.25, 0.3) is 0 Å². The lowest BCUT2D eigenvalue weighted by atomic mass is 10.0. The van der Waals surface area contributed by atoms with Gasteiger partial charge in [-0.15, -0.1) is 0 Å². The Balaban J connectivity index is 1.92. The molecule has 0 aliphatic heterocycles. The Labute approximate surface area is 233 Å². The highest BCUT2D eigenvalue weighted by Gasteiger charge is 2.32. The van der Waals surface area contributed by atoms with E-state index in [0.717, 1.165) is 22.0 Å². The van der Waals surface area contributed by atoms with Gasteiger partial charge in [0.25, 0.3) is 5.91 Å². The molecule has 2 amide bonds. The molecule has 38 heavy (non-hydrogen) atoms. The zero-order chi connectivity index (χ0) is 27.7. The molecule has 202 valence electrons. The van der Waals surface area contributed by atoms with Gasteiger partial charge in [-0.25, -0.2) is 4.39 Å². The average molecular weight is 584 g/mol. The van der Waals surface area contributed by atoms with E-state index in [1.54, 1.807) is 18.2 Å². The molecule has 0 spiro atoms. The molecular formula is C31H36BrFN2O3. The van der Waals surface area contributed by atoms with Crippen LogP contribution >= 0.6 is 15.9 Å². The van der Waals surface area contributed by atoms with E-state index in [1.165, 1.54) is 11.0 Å². The molecule has 0 saturated carbocycles. The van der Waals surface area contributed by atoms with Gasteiger partial charge in [0.2, 0.25) is 5.91 Å². The number of amides is 2. The predicted molar refractivity (Wildman–Crippen MR) is 153 cm³/mol. The van der Waals surface area contributed by atoms with Crippen LogP contribution in [-0.2, 0) is 22.6 Å². The number of carbonyl (C=O) groups excluding carboxylic acids is 2. The molecular weight excluding hydrogens is 547 g/mol. The summed E-state index contributed by atoms with van der Waals surface area (Å²) >= 11 is 3.53. The molecule has 0 aliphatic rings. The fourth-order valence-corrected chi connectivity index (χ4v) is 4.53. The van der Waals surface area contributed by atoms with Crippen LogP contribution in [0, 0.1) is 5.82 Å². The molecule has 0 aliphatic carbocycles. The van der Waals surface area contributed by atoms with Crippen LogP contribution in [-0.4, -0.2) is 35.4 Å². The third-order valence-corrected chi connectivity index (χ3v) is 7.16. The van der Waals surface area contributed by atoms with E-state index in [2.05, 4.69) is 35.1 Å². The molecule has 0 unspecified atom stereocenters. The molecule has 7 heteroatoms. The molecule has 3 aromatic rings. The van der Waals surface area contributed by atoms with Crippen molar-refractivity contribution in [3.8, 4) is 5.75 Å². The zero-order valence-corrected chi connectivity index (χ0v) is 24.0. The maximum absolute atomic E-state index is 14.7. The normalized spacial score (nSPS) is 12.6. The van der Waals surface area contributed by atoms with E-state index in [4.69, 9.17) is 4.74 Å². The first-order valence-corrected chi connectivity index (χ1v) is 13.8. The van der Waals surface area contributed by atoms with Crippen molar-refractivity contribution in [2.45, 2.75) is 65.1 Å². The zero-order valence-electron chi connectivity index (χ0n) is 22.4. The van der Waals surface area contributed by atoms with Crippen LogP contribution in [0.1, 0.15) is 56.7 Å². The standard InChI is InChI=1S/C31H36BrFN2O3/c1-5-22(4)34-31(37)28(17-23-11-7-6-8-12-23)35(19-25-13-9-10-14-27(25)33)30(36)20-38-29-16-15-24(21(2)3)18-26(29)32/h6-16,18,21-22,28H,5,17,19-20H2,1-4H3,(H,34,37)/t22-,28+/m0/s1. The van der Waals surface area contributed by atoms with Crippen LogP contribution in [0.5, 0.6) is 5.75 Å². The Morgan fingerprint density at radius 3 is 2.32 bits per heavy atom. The molecule has 5 nitrogen and oxygen atoms in total. The number of nitrogens with one attached hydrogen (secondary N) is 1. The Kier molecular flexibility index (Phi) is 10.9. The SMILES string of the molecule is CC[C@H](C)NC(=O)[C@@H](Cc1ccccc1)N(Cc1ccccc1F)C(=O)COc1ccc(C(C)C)cc1Br. The molecule has 0 saturated heterocycles. The third-order valence-electron chi connectivity index (χ3n) is 6.54. The van der Waals surface area contributed by atoms with Crippen LogP contribution in [0.3, 0.4) is 0 Å². The van der Waals surface area contributed by atoms with Crippen LogP contribution in [0.15, 0.2) is 77.3 Å². The van der Waals surface area contributed by atoms with Crippen molar-refractivity contribution in [2.24, 2.45) is 0 Å². The van der Waals surface area contributed by atoms with Gasteiger partial charge in [0.1, 0.15) is 17.6 Å². The van der Waals surface area contributed by atoms with Gasteiger partial charge in [-0.2, -0.15) is 0 Å². The van der Waals surface area contributed by atoms with Gasteiger partial charge in [0, 0.05) is 24.6 Å². The smallest absolute Gasteiger partial charge is 0.261 e. The number of carbonyl (C=O) groups is 2. The Bertz CT molecular complexity index is 1220. The van der Waals surface area contributed by atoms with E-state index < -0.39 is 17.8 Å². The highest BCUT2D eigenvalue weighted by Crippen LogP contribution is 2.29. The largest absolute Gasteiger partial charge is 0.483 e. The molecule has 0 aromatic heterocycles. The first-order chi connectivity index (χ1) is 18.2. The van der Waals surface area contributed by atoms with E-state index in [-0.39, 0.29) is 31.5 Å². The quantitative estimate of drug-likeness (QED) is 0.260. The lowest BCUT2D eigenvalue weighted by molar-refractivity contribution is -0.143. The summed E-state index contributed by atoms with van der Waals surface area (Å²) in [7, 11) is 0. The van der Waals surface area contributed by atoms with Crippen LogP contribution in [0.4, 0.5) is 4.39 Å². The fourth-order valence-electron chi connectivity index (χ4n) is 4.02. The number of halogens is 2. The average Bonchev–Trinajstić information content (AvgIpc) is 2.91. The maximum Gasteiger partial charge on any atom is 0.261 e. The second kappa shape index (κ2) is 14.1. The molecule has 2 atom stereocenters. The van der Waals surface area contributed by atoms with Gasteiger partial charge in [-0.1, -0.05) is 75.4 Å². The van der Waals surface area contributed by atoms with Crippen molar-refractivity contribution in [3.05, 3.63) is 99.8 Å². The van der Waals surface area contributed by atoms with E-state index >= 15 is 0 Å². The molecule has 1 N–H and O–H groups in total. The lowest BCUT2D eigenvalue weighted by Gasteiger charge is -2.32. The Hall–Kier alpha value is -3.19. The van der Waals surface area contributed by atoms with Gasteiger partial charge in [0.15, 0.2) is 6.61 Å².